The Kier molecular flexibility index (Phi) is 8.11. The Morgan fingerprint density at radius 1 is 1.31 bits per heavy atom. The van der Waals surface area contributed by atoms with E-state index in [1.807, 2.05) is 23.1 Å². The number of hydrogen-bond donors (Lipinski definition) is 2. The van der Waals surface area contributed by atoms with E-state index in [2.05, 4.69) is 60.8 Å². The van der Waals surface area contributed by atoms with Gasteiger partial charge in [0, 0.05) is 51.1 Å². The summed E-state index contributed by atoms with van der Waals surface area (Å²) in [7, 11) is 0. The topological polar surface area (TPSA) is 63.5 Å². The van der Waals surface area contributed by atoms with Crippen LogP contribution < -0.4 is 10.6 Å². The van der Waals surface area contributed by atoms with Crippen LogP contribution >= 0.6 is 0 Å². The number of hydrogen-bond acceptors (Lipinski definition) is 3. The Hall–Kier alpha value is -2.34. The smallest absolute Gasteiger partial charge is 0.191 e. The second kappa shape index (κ2) is 11.0. The van der Waals surface area contributed by atoms with Crippen molar-refractivity contribution in [3.63, 3.8) is 0 Å². The first-order valence-electron chi connectivity index (χ1n) is 10.8. The van der Waals surface area contributed by atoms with Crippen molar-refractivity contribution < 1.29 is 4.74 Å². The lowest BCUT2D eigenvalue weighted by atomic mass is 9.89. The molecule has 1 aromatic carbocycles. The quantitative estimate of drug-likeness (QED) is 0.528. The number of nitrogens with one attached hydrogen (secondary N) is 2. The maximum atomic E-state index is 6.16. The summed E-state index contributed by atoms with van der Waals surface area (Å²) in [5.41, 5.74) is 2.56. The van der Waals surface area contributed by atoms with Gasteiger partial charge in [-0.05, 0) is 44.2 Å². The van der Waals surface area contributed by atoms with E-state index in [9.17, 15) is 0 Å². The predicted molar refractivity (Wildman–Crippen MR) is 118 cm³/mol. The van der Waals surface area contributed by atoms with E-state index in [1.165, 1.54) is 17.5 Å². The minimum absolute atomic E-state index is 0.151. The number of guanidine groups is 1. The van der Waals surface area contributed by atoms with E-state index in [1.54, 1.807) is 0 Å². The summed E-state index contributed by atoms with van der Waals surface area (Å²) in [5.74, 6) is 1.74. The first-order chi connectivity index (χ1) is 14.2. The third-order valence-electron chi connectivity index (χ3n) is 5.35. The van der Waals surface area contributed by atoms with Crippen LogP contribution in [0.3, 0.4) is 0 Å². The fraction of sp³-hybridized carbons (Fsp3) is 0.565. The number of aliphatic imine (C=N–C) groups is 1. The zero-order chi connectivity index (χ0) is 20.5. The van der Waals surface area contributed by atoms with Gasteiger partial charge in [-0.3, -0.25) is 9.67 Å². The first-order valence-corrected chi connectivity index (χ1v) is 10.8. The molecule has 1 aliphatic heterocycles. The lowest BCUT2D eigenvalue weighted by Crippen LogP contribution is -2.42. The number of benzene rings is 1. The Morgan fingerprint density at radius 3 is 2.86 bits per heavy atom. The number of aryl methyl sites for hydroxylation is 1. The fourth-order valence-corrected chi connectivity index (χ4v) is 3.78. The van der Waals surface area contributed by atoms with Gasteiger partial charge >= 0.3 is 0 Å². The highest BCUT2D eigenvalue weighted by Crippen LogP contribution is 2.33. The van der Waals surface area contributed by atoms with Crippen LogP contribution in [0.15, 0.2) is 47.7 Å². The lowest BCUT2D eigenvalue weighted by Gasteiger charge is -2.32. The van der Waals surface area contributed by atoms with Crippen LogP contribution in [0, 0.1) is 18.8 Å². The van der Waals surface area contributed by atoms with Crippen molar-refractivity contribution in [1.29, 1.82) is 0 Å². The molecular weight excluding hydrogens is 362 g/mol. The largest absolute Gasteiger partial charge is 0.373 e. The standard InChI is InChI=1S/C23H35N5O/c1-4-24-23(25-15-19(3)17-28-13-6-12-27-28)26-16-21-7-5-14-29-22(21)20-10-8-18(2)9-11-20/h6,8-13,19,21-22H,4-5,7,14-17H2,1-3H3,(H2,24,25,26). The molecule has 3 rings (SSSR count). The van der Waals surface area contributed by atoms with Crippen LogP contribution in [0.25, 0.3) is 0 Å². The zero-order valence-electron chi connectivity index (χ0n) is 18.0. The van der Waals surface area contributed by atoms with Crippen LogP contribution in [-0.4, -0.2) is 42.0 Å². The highest BCUT2D eigenvalue weighted by atomic mass is 16.5. The molecule has 1 saturated heterocycles. The number of rotatable bonds is 8. The predicted octanol–water partition coefficient (Wildman–Crippen LogP) is 3.55. The summed E-state index contributed by atoms with van der Waals surface area (Å²) in [6, 6.07) is 10.7. The summed E-state index contributed by atoms with van der Waals surface area (Å²) in [5, 5.41) is 11.2. The van der Waals surface area contributed by atoms with Crippen molar-refractivity contribution in [1.82, 2.24) is 20.4 Å². The minimum Gasteiger partial charge on any atom is -0.373 e. The molecule has 158 valence electrons. The van der Waals surface area contributed by atoms with Gasteiger partial charge in [-0.15, -0.1) is 0 Å². The molecule has 0 aliphatic carbocycles. The van der Waals surface area contributed by atoms with E-state index in [0.717, 1.165) is 45.2 Å². The summed E-state index contributed by atoms with van der Waals surface area (Å²) >= 11 is 0. The number of aromatic nitrogens is 2. The first kappa shape index (κ1) is 21.4. The van der Waals surface area contributed by atoms with Crippen molar-refractivity contribution in [2.45, 2.75) is 46.3 Å². The number of nitrogens with zero attached hydrogens (tertiary/aromatic N) is 3. The van der Waals surface area contributed by atoms with E-state index in [-0.39, 0.29) is 6.10 Å². The van der Waals surface area contributed by atoms with Crippen LogP contribution in [0.4, 0.5) is 0 Å². The molecule has 1 fully saturated rings. The summed E-state index contributed by atoms with van der Waals surface area (Å²) < 4.78 is 8.12. The second-order valence-corrected chi connectivity index (χ2v) is 8.04. The molecule has 0 radical (unpaired) electrons. The van der Waals surface area contributed by atoms with Crippen molar-refractivity contribution in [2.75, 3.05) is 26.2 Å². The van der Waals surface area contributed by atoms with E-state index in [4.69, 9.17) is 9.73 Å². The van der Waals surface area contributed by atoms with Gasteiger partial charge in [0.1, 0.15) is 0 Å². The van der Waals surface area contributed by atoms with Crippen LogP contribution in [0.2, 0.25) is 0 Å². The van der Waals surface area contributed by atoms with Crippen LogP contribution in [-0.2, 0) is 11.3 Å². The molecule has 1 aromatic heterocycles. The van der Waals surface area contributed by atoms with Gasteiger partial charge in [-0.2, -0.15) is 5.10 Å². The molecule has 6 nitrogen and oxygen atoms in total. The highest BCUT2D eigenvalue weighted by molar-refractivity contribution is 5.79. The molecule has 2 heterocycles. The molecule has 0 bridgehead atoms. The van der Waals surface area contributed by atoms with Crippen molar-refractivity contribution in [3.05, 3.63) is 53.9 Å². The summed E-state index contributed by atoms with van der Waals surface area (Å²) in [4.78, 5) is 4.80. The van der Waals surface area contributed by atoms with Crippen molar-refractivity contribution in [3.8, 4) is 0 Å². The lowest BCUT2D eigenvalue weighted by molar-refractivity contribution is -0.0265. The monoisotopic (exact) mass is 397 g/mol. The highest BCUT2D eigenvalue weighted by Gasteiger charge is 2.27. The molecule has 29 heavy (non-hydrogen) atoms. The Morgan fingerprint density at radius 2 is 2.14 bits per heavy atom. The van der Waals surface area contributed by atoms with Crippen LogP contribution in [0.1, 0.15) is 43.9 Å². The Bertz CT molecular complexity index is 741. The average molecular weight is 398 g/mol. The van der Waals surface area contributed by atoms with Gasteiger partial charge in [0.2, 0.25) is 0 Å². The van der Waals surface area contributed by atoms with Gasteiger partial charge in [-0.1, -0.05) is 36.8 Å². The van der Waals surface area contributed by atoms with E-state index < -0.39 is 0 Å². The SMILES string of the molecule is CCNC(=NCC(C)Cn1cccn1)NCC1CCCOC1c1ccc(C)cc1. The molecule has 2 aromatic rings. The molecule has 0 saturated carbocycles. The maximum absolute atomic E-state index is 6.16. The maximum Gasteiger partial charge on any atom is 0.191 e. The molecule has 0 spiro atoms. The Labute approximate surface area is 174 Å². The summed E-state index contributed by atoms with van der Waals surface area (Å²) in [6.45, 7) is 10.6. The van der Waals surface area contributed by atoms with Gasteiger partial charge in [0.05, 0.1) is 6.10 Å². The van der Waals surface area contributed by atoms with Gasteiger partial charge in [-0.25, -0.2) is 0 Å². The van der Waals surface area contributed by atoms with Gasteiger partial charge in [0.15, 0.2) is 5.96 Å². The van der Waals surface area contributed by atoms with Gasteiger partial charge < -0.3 is 15.4 Å². The zero-order valence-corrected chi connectivity index (χ0v) is 18.0. The minimum atomic E-state index is 0.151. The molecule has 0 amide bonds. The summed E-state index contributed by atoms with van der Waals surface area (Å²) in [6.07, 6.45) is 6.25. The normalized spacial score (nSPS) is 21.0. The second-order valence-electron chi connectivity index (χ2n) is 8.04. The molecular formula is C23H35N5O. The van der Waals surface area contributed by atoms with E-state index >= 15 is 0 Å². The third kappa shape index (κ3) is 6.60. The molecule has 2 N–H and O–H groups in total. The van der Waals surface area contributed by atoms with Gasteiger partial charge in [0.25, 0.3) is 0 Å². The Balaban J connectivity index is 1.56. The number of ether oxygens (including phenoxy) is 1. The van der Waals surface area contributed by atoms with Crippen molar-refractivity contribution >= 4 is 5.96 Å². The van der Waals surface area contributed by atoms with E-state index in [0.29, 0.717) is 11.8 Å². The average Bonchev–Trinajstić information content (AvgIpc) is 3.24. The molecule has 1 aliphatic rings. The van der Waals surface area contributed by atoms with Crippen molar-refractivity contribution in [2.24, 2.45) is 16.8 Å². The third-order valence-corrected chi connectivity index (χ3v) is 5.35. The molecule has 6 heteroatoms. The molecule has 3 atom stereocenters. The fourth-order valence-electron chi connectivity index (χ4n) is 3.78. The molecule has 3 unspecified atom stereocenters. The van der Waals surface area contributed by atoms with Crippen LogP contribution in [0.5, 0.6) is 0 Å².